The van der Waals surface area contributed by atoms with Gasteiger partial charge in [0.25, 0.3) is 5.24 Å². The molecule has 0 aromatic heterocycles. The van der Waals surface area contributed by atoms with Gasteiger partial charge in [-0.2, -0.15) is 13.2 Å². The molecule has 1 heterocycles. The molecule has 0 radical (unpaired) electrons. The van der Waals surface area contributed by atoms with Crippen molar-refractivity contribution in [2.24, 2.45) is 0 Å². The Morgan fingerprint density at radius 3 is 2.52 bits per heavy atom. The van der Waals surface area contributed by atoms with E-state index >= 15 is 0 Å². The molecule has 0 aliphatic carbocycles. The summed E-state index contributed by atoms with van der Waals surface area (Å²) in [6, 6.07) is 4.52. The minimum atomic E-state index is -4.60. The van der Waals surface area contributed by atoms with Crippen molar-refractivity contribution in [3.05, 3.63) is 29.8 Å². The van der Waals surface area contributed by atoms with E-state index in [1.54, 1.807) is 0 Å². The number of nitrogens with one attached hydrogen (secondary N) is 2. The largest absolute Gasteiger partial charge is 0.418 e. The Labute approximate surface area is 121 Å². The summed E-state index contributed by atoms with van der Waals surface area (Å²) >= 11 is 0.640. The minimum Gasteiger partial charge on any atom is -0.325 e. The monoisotopic (exact) mass is 318 g/mol. The molecule has 1 aromatic rings. The Kier molecular flexibility index (Phi) is 4.21. The number of imide groups is 1. The lowest BCUT2D eigenvalue weighted by Crippen LogP contribution is -2.28. The summed E-state index contributed by atoms with van der Waals surface area (Å²) in [4.78, 5) is 33.9. The van der Waals surface area contributed by atoms with Gasteiger partial charge in [0, 0.05) is 6.42 Å². The van der Waals surface area contributed by atoms with Crippen LogP contribution in [0.2, 0.25) is 0 Å². The van der Waals surface area contributed by atoms with Crippen molar-refractivity contribution in [2.45, 2.75) is 17.8 Å². The summed E-state index contributed by atoms with van der Waals surface area (Å²) < 4.78 is 38.3. The highest BCUT2D eigenvalue weighted by atomic mass is 32.2. The van der Waals surface area contributed by atoms with E-state index in [0.717, 1.165) is 12.1 Å². The van der Waals surface area contributed by atoms with Crippen molar-refractivity contribution in [1.29, 1.82) is 0 Å². The molecule has 1 aliphatic rings. The molecule has 1 fully saturated rings. The third-order valence-electron chi connectivity index (χ3n) is 2.64. The molecular formula is C12H9F3N2O3S. The van der Waals surface area contributed by atoms with Gasteiger partial charge < -0.3 is 5.32 Å². The number of carbonyl (C=O) groups excluding carboxylic acids is 3. The summed E-state index contributed by atoms with van der Waals surface area (Å²) in [6.07, 6.45) is -4.98. The summed E-state index contributed by atoms with van der Waals surface area (Å²) in [7, 11) is 0. The van der Waals surface area contributed by atoms with E-state index in [4.69, 9.17) is 0 Å². The van der Waals surface area contributed by atoms with Crippen LogP contribution in [0.5, 0.6) is 0 Å². The second kappa shape index (κ2) is 5.76. The summed E-state index contributed by atoms with van der Waals surface area (Å²) in [6.45, 7) is 0. The molecule has 1 aromatic carbocycles. The first-order valence-electron chi connectivity index (χ1n) is 5.75. The van der Waals surface area contributed by atoms with Gasteiger partial charge in [-0.05, 0) is 12.1 Å². The lowest BCUT2D eigenvalue weighted by molar-refractivity contribution is -0.137. The molecular weight excluding hydrogens is 309 g/mol. The van der Waals surface area contributed by atoms with Crippen LogP contribution in [0.1, 0.15) is 12.0 Å². The van der Waals surface area contributed by atoms with Gasteiger partial charge in [0.2, 0.25) is 11.8 Å². The van der Waals surface area contributed by atoms with E-state index in [2.05, 4.69) is 5.32 Å². The van der Waals surface area contributed by atoms with Gasteiger partial charge >= 0.3 is 6.18 Å². The maximum absolute atomic E-state index is 12.8. The molecule has 0 saturated carbocycles. The Bertz CT molecular complexity index is 604. The highest BCUT2D eigenvalue weighted by Gasteiger charge is 2.35. The van der Waals surface area contributed by atoms with Crippen molar-refractivity contribution in [2.75, 3.05) is 5.32 Å². The van der Waals surface area contributed by atoms with Crippen molar-refractivity contribution in [3.8, 4) is 0 Å². The number of rotatable bonds is 3. The highest BCUT2D eigenvalue weighted by Crippen LogP contribution is 2.34. The summed E-state index contributed by atoms with van der Waals surface area (Å²) in [5.74, 6) is -1.39. The zero-order valence-electron chi connectivity index (χ0n) is 10.4. The molecule has 2 rings (SSSR count). The van der Waals surface area contributed by atoms with Gasteiger partial charge in [0.05, 0.1) is 11.3 Å². The van der Waals surface area contributed by atoms with E-state index < -0.39 is 34.0 Å². The molecule has 5 nitrogen and oxygen atoms in total. The predicted octanol–water partition coefficient (Wildman–Crippen LogP) is 2.39. The van der Waals surface area contributed by atoms with Crippen molar-refractivity contribution in [1.82, 2.24) is 5.32 Å². The van der Waals surface area contributed by atoms with E-state index in [0.29, 0.717) is 11.8 Å². The SMILES string of the molecule is O=C(CC1SC(=O)NC1=O)Nc1ccccc1C(F)(F)F. The van der Waals surface area contributed by atoms with Crippen LogP contribution in [0.3, 0.4) is 0 Å². The number of benzene rings is 1. The van der Waals surface area contributed by atoms with Crippen LogP contribution in [0.25, 0.3) is 0 Å². The van der Waals surface area contributed by atoms with Crippen LogP contribution < -0.4 is 10.6 Å². The Hall–Kier alpha value is -2.03. The zero-order chi connectivity index (χ0) is 15.6. The van der Waals surface area contributed by atoms with Gasteiger partial charge in [0.1, 0.15) is 5.25 Å². The number of alkyl halides is 3. The van der Waals surface area contributed by atoms with Gasteiger partial charge in [-0.3, -0.25) is 19.7 Å². The smallest absolute Gasteiger partial charge is 0.325 e. The van der Waals surface area contributed by atoms with Crippen LogP contribution in [0.4, 0.5) is 23.7 Å². The number of thioether (sulfide) groups is 1. The van der Waals surface area contributed by atoms with Crippen LogP contribution in [0, 0.1) is 0 Å². The number of halogens is 3. The summed E-state index contributed by atoms with van der Waals surface area (Å²) in [5.41, 5.74) is -1.36. The topological polar surface area (TPSA) is 75.3 Å². The van der Waals surface area contributed by atoms with Gasteiger partial charge in [0.15, 0.2) is 0 Å². The molecule has 1 saturated heterocycles. The molecule has 112 valence electrons. The molecule has 1 atom stereocenters. The molecule has 1 aliphatic heterocycles. The average molecular weight is 318 g/mol. The van der Waals surface area contributed by atoms with Crippen molar-refractivity contribution in [3.63, 3.8) is 0 Å². The molecule has 2 N–H and O–H groups in total. The number of para-hydroxylation sites is 1. The number of hydrogen-bond acceptors (Lipinski definition) is 4. The second-order valence-electron chi connectivity index (χ2n) is 4.18. The van der Waals surface area contributed by atoms with E-state index in [9.17, 15) is 27.6 Å². The molecule has 9 heteroatoms. The van der Waals surface area contributed by atoms with E-state index in [1.165, 1.54) is 12.1 Å². The molecule has 21 heavy (non-hydrogen) atoms. The van der Waals surface area contributed by atoms with E-state index in [-0.39, 0.29) is 12.1 Å². The fraction of sp³-hybridized carbons (Fsp3) is 0.250. The second-order valence-corrected chi connectivity index (χ2v) is 5.35. The standard InChI is InChI=1S/C12H9F3N2O3S/c13-12(14,15)6-3-1-2-4-7(6)16-9(18)5-8-10(19)17-11(20)21-8/h1-4,8H,5H2,(H,16,18)(H,17,19,20). The Morgan fingerprint density at radius 2 is 1.95 bits per heavy atom. The first-order chi connectivity index (χ1) is 9.77. The quantitative estimate of drug-likeness (QED) is 0.897. The zero-order valence-corrected chi connectivity index (χ0v) is 11.2. The van der Waals surface area contributed by atoms with Gasteiger partial charge in [-0.1, -0.05) is 23.9 Å². The highest BCUT2D eigenvalue weighted by molar-refractivity contribution is 8.15. The van der Waals surface area contributed by atoms with Crippen LogP contribution in [-0.2, 0) is 15.8 Å². The molecule has 3 amide bonds. The van der Waals surface area contributed by atoms with E-state index in [1.807, 2.05) is 5.32 Å². The maximum atomic E-state index is 12.8. The molecule has 0 spiro atoms. The number of amides is 3. The fourth-order valence-corrected chi connectivity index (χ4v) is 2.56. The van der Waals surface area contributed by atoms with Gasteiger partial charge in [-0.25, -0.2) is 0 Å². The Morgan fingerprint density at radius 1 is 1.29 bits per heavy atom. The molecule has 1 unspecified atom stereocenters. The van der Waals surface area contributed by atoms with Gasteiger partial charge in [-0.15, -0.1) is 0 Å². The number of anilines is 1. The lowest BCUT2D eigenvalue weighted by Gasteiger charge is -2.14. The predicted molar refractivity (Wildman–Crippen MR) is 69.6 cm³/mol. The van der Waals surface area contributed by atoms with Crippen LogP contribution >= 0.6 is 11.8 Å². The first-order valence-corrected chi connectivity index (χ1v) is 6.63. The van der Waals surface area contributed by atoms with Crippen molar-refractivity contribution >= 4 is 34.5 Å². The van der Waals surface area contributed by atoms with Crippen LogP contribution in [0.15, 0.2) is 24.3 Å². The third kappa shape index (κ3) is 3.75. The number of hydrogen-bond donors (Lipinski definition) is 2. The maximum Gasteiger partial charge on any atom is 0.418 e. The average Bonchev–Trinajstić information content (AvgIpc) is 2.67. The number of carbonyl (C=O) groups is 3. The van der Waals surface area contributed by atoms with Crippen LogP contribution in [-0.4, -0.2) is 22.3 Å². The normalized spacial score (nSPS) is 18.5. The van der Waals surface area contributed by atoms with Crippen molar-refractivity contribution < 1.29 is 27.6 Å². The molecule has 0 bridgehead atoms. The third-order valence-corrected chi connectivity index (χ3v) is 3.63. The lowest BCUT2D eigenvalue weighted by atomic mass is 10.1. The summed E-state index contributed by atoms with van der Waals surface area (Å²) in [5, 5.41) is 2.62. The fourth-order valence-electron chi connectivity index (χ4n) is 1.74. The first kappa shape index (κ1) is 15.4. The Balaban J connectivity index is 2.07. The minimum absolute atomic E-state index is 0.381.